The van der Waals surface area contributed by atoms with Crippen LogP contribution in [0, 0.1) is 5.82 Å². The van der Waals surface area contributed by atoms with Gasteiger partial charge in [-0.05, 0) is 41.6 Å². The average Bonchev–Trinajstić information content (AvgIpc) is 3.03. The van der Waals surface area contributed by atoms with Crippen LogP contribution in [0.2, 0.25) is 5.02 Å². The van der Waals surface area contributed by atoms with Gasteiger partial charge in [-0.3, -0.25) is 14.5 Å². The molecule has 0 N–H and O–H groups in total. The van der Waals surface area contributed by atoms with E-state index in [0.717, 1.165) is 11.8 Å². The van der Waals surface area contributed by atoms with Gasteiger partial charge in [-0.2, -0.15) is 0 Å². The van der Waals surface area contributed by atoms with E-state index in [-0.39, 0.29) is 30.1 Å². The summed E-state index contributed by atoms with van der Waals surface area (Å²) in [6.45, 7) is 0.151. The molecule has 0 unspecified atom stereocenters. The minimum Gasteiger partial charge on any atom is -0.488 e. The average molecular weight is 454 g/mol. The molecule has 0 spiro atoms. The number of halogens is 2. The number of carbonyl (C=O) groups excluding carboxylic acids is 2. The van der Waals surface area contributed by atoms with Gasteiger partial charge in [0.05, 0.1) is 11.4 Å². The molecule has 0 aliphatic carbocycles. The van der Waals surface area contributed by atoms with Crippen LogP contribution >= 0.6 is 23.4 Å². The molecule has 31 heavy (non-hydrogen) atoms. The summed E-state index contributed by atoms with van der Waals surface area (Å²) in [4.78, 5) is 26.8. The Kier molecular flexibility index (Phi) is 6.39. The fraction of sp³-hybridized carbons (Fsp3) is 0.0833. The maximum absolute atomic E-state index is 13.9. The predicted octanol–water partition coefficient (Wildman–Crippen LogP) is 6.29. The van der Waals surface area contributed by atoms with Gasteiger partial charge in [0.25, 0.3) is 11.1 Å². The van der Waals surface area contributed by atoms with E-state index in [2.05, 4.69) is 0 Å². The molecule has 3 aromatic carbocycles. The van der Waals surface area contributed by atoms with Crippen molar-refractivity contribution in [2.75, 3.05) is 0 Å². The fourth-order valence-electron chi connectivity index (χ4n) is 3.08. The zero-order chi connectivity index (χ0) is 21.8. The Bertz CT molecular complexity index is 1180. The first-order valence-corrected chi connectivity index (χ1v) is 10.7. The highest BCUT2D eigenvalue weighted by molar-refractivity contribution is 8.18. The van der Waals surface area contributed by atoms with Crippen LogP contribution in [0.5, 0.6) is 5.75 Å². The predicted molar refractivity (Wildman–Crippen MR) is 120 cm³/mol. The molecule has 1 fully saturated rings. The van der Waals surface area contributed by atoms with E-state index in [0.29, 0.717) is 32.4 Å². The van der Waals surface area contributed by atoms with Crippen molar-refractivity contribution in [1.82, 2.24) is 4.90 Å². The Morgan fingerprint density at radius 3 is 2.39 bits per heavy atom. The first kappa shape index (κ1) is 21.2. The van der Waals surface area contributed by atoms with Gasteiger partial charge in [-0.25, -0.2) is 4.39 Å². The summed E-state index contributed by atoms with van der Waals surface area (Å²) in [5, 5.41) is 0.137. The number of rotatable bonds is 6. The molecule has 156 valence electrons. The van der Waals surface area contributed by atoms with E-state index < -0.39 is 0 Å². The van der Waals surface area contributed by atoms with Crippen LogP contribution in [0.15, 0.2) is 77.7 Å². The van der Waals surface area contributed by atoms with Gasteiger partial charge in [0.2, 0.25) is 0 Å². The van der Waals surface area contributed by atoms with Crippen molar-refractivity contribution in [3.8, 4) is 5.75 Å². The quantitative estimate of drug-likeness (QED) is 0.411. The van der Waals surface area contributed by atoms with Crippen LogP contribution in [0.1, 0.15) is 16.7 Å². The van der Waals surface area contributed by atoms with E-state index in [1.807, 2.05) is 0 Å². The first-order valence-electron chi connectivity index (χ1n) is 9.47. The van der Waals surface area contributed by atoms with E-state index in [1.54, 1.807) is 72.8 Å². The SMILES string of the molecule is O=C1S/C(=C\c2ccccc2OCc2ccccc2F)C(=O)N1Cc1ccccc1Cl. The molecular weight excluding hydrogens is 437 g/mol. The molecule has 0 bridgehead atoms. The van der Waals surface area contributed by atoms with Crippen LogP contribution < -0.4 is 4.74 Å². The summed E-state index contributed by atoms with van der Waals surface area (Å²) >= 11 is 7.03. The second-order valence-corrected chi connectivity index (χ2v) is 8.18. The maximum atomic E-state index is 13.9. The minimum absolute atomic E-state index is 0.0471. The Labute approximate surface area is 188 Å². The second kappa shape index (κ2) is 9.37. The summed E-state index contributed by atoms with van der Waals surface area (Å²) in [5.41, 5.74) is 1.75. The topological polar surface area (TPSA) is 46.6 Å². The standard InChI is InChI=1S/C24H17ClFNO3S/c25-19-10-4-1-8-17(19)14-27-23(28)22(31-24(27)29)13-16-7-3-6-12-21(16)30-15-18-9-2-5-11-20(18)26/h1-13H,14-15H2/b22-13-. The molecule has 0 atom stereocenters. The number of hydrogen-bond donors (Lipinski definition) is 0. The zero-order valence-corrected chi connectivity index (χ0v) is 17.8. The third kappa shape index (κ3) is 4.81. The van der Waals surface area contributed by atoms with Crippen molar-refractivity contribution < 1.29 is 18.7 Å². The highest BCUT2D eigenvalue weighted by atomic mass is 35.5. The van der Waals surface area contributed by atoms with Gasteiger partial charge in [0.15, 0.2) is 0 Å². The van der Waals surface area contributed by atoms with Crippen molar-refractivity contribution in [1.29, 1.82) is 0 Å². The molecule has 1 aliphatic rings. The molecule has 4 nitrogen and oxygen atoms in total. The van der Waals surface area contributed by atoms with Gasteiger partial charge in [-0.15, -0.1) is 0 Å². The van der Waals surface area contributed by atoms with E-state index in [1.165, 1.54) is 11.0 Å². The lowest BCUT2D eigenvalue weighted by Crippen LogP contribution is -2.27. The molecule has 1 aliphatic heterocycles. The normalized spacial score (nSPS) is 15.0. The van der Waals surface area contributed by atoms with Crippen molar-refractivity contribution in [2.45, 2.75) is 13.2 Å². The largest absolute Gasteiger partial charge is 0.488 e. The van der Waals surface area contributed by atoms with Gasteiger partial charge in [0, 0.05) is 16.1 Å². The number of para-hydroxylation sites is 1. The highest BCUT2D eigenvalue weighted by Gasteiger charge is 2.35. The molecule has 0 saturated carbocycles. The number of ether oxygens (including phenoxy) is 1. The maximum Gasteiger partial charge on any atom is 0.293 e. The Morgan fingerprint density at radius 2 is 1.61 bits per heavy atom. The van der Waals surface area contributed by atoms with Crippen molar-refractivity contribution in [3.63, 3.8) is 0 Å². The third-order valence-corrected chi connectivity index (χ3v) is 5.98. The lowest BCUT2D eigenvalue weighted by molar-refractivity contribution is -0.123. The Morgan fingerprint density at radius 1 is 0.935 bits per heavy atom. The fourth-order valence-corrected chi connectivity index (χ4v) is 4.10. The third-order valence-electron chi connectivity index (χ3n) is 4.71. The number of carbonyl (C=O) groups is 2. The van der Waals surface area contributed by atoms with Crippen LogP contribution in [0.3, 0.4) is 0 Å². The number of nitrogens with zero attached hydrogens (tertiary/aromatic N) is 1. The number of amides is 2. The van der Waals surface area contributed by atoms with E-state index >= 15 is 0 Å². The summed E-state index contributed by atoms with van der Waals surface area (Å²) < 4.78 is 19.7. The summed E-state index contributed by atoms with van der Waals surface area (Å²) in [6, 6.07) is 20.6. The van der Waals surface area contributed by atoms with E-state index in [4.69, 9.17) is 16.3 Å². The van der Waals surface area contributed by atoms with Crippen molar-refractivity contribution >= 4 is 40.6 Å². The summed E-state index contributed by atoms with van der Waals surface area (Å²) in [7, 11) is 0. The monoisotopic (exact) mass is 453 g/mol. The van der Waals surface area contributed by atoms with Crippen LogP contribution in [-0.2, 0) is 17.9 Å². The number of benzene rings is 3. The van der Waals surface area contributed by atoms with Crippen LogP contribution in [0.4, 0.5) is 9.18 Å². The molecule has 4 rings (SSSR count). The molecule has 1 heterocycles. The Balaban J connectivity index is 1.54. The molecular formula is C24H17ClFNO3S. The Hall–Kier alpha value is -3.09. The molecule has 7 heteroatoms. The summed E-state index contributed by atoms with van der Waals surface area (Å²) in [6.07, 6.45) is 1.62. The van der Waals surface area contributed by atoms with E-state index in [9.17, 15) is 14.0 Å². The van der Waals surface area contributed by atoms with Crippen molar-refractivity contribution in [3.05, 3.63) is 105 Å². The number of imide groups is 1. The lowest BCUT2D eigenvalue weighted by Gasteiger charge is -2.13. The molecule has 0 aromatic heterocycles. The van der Waals surface area contributed by atoms with Gasteiger partial charge < -0.3 is 4.74 Å². The number of hydrogen-bond acceptors (Lipinski definition) is 4. The summed E-state index contributed by atoms with van der Waals surface area (Å²) in [5.74, 6) is -0.247. The van der Waals surface area contributed by atoms with Gasteiger partial charge in [0.1, 0.15) is 18.2 Å². The second-order valence-electron chi connectivity index (χ2n) is 6.78. The minimum atomic E-state index is -0.390. The number of thioether (sulfide) groups is 1. The van der Waals surface area contributed by atoms with Gasteiger partial charge >= 0.3 is 0 Å². The molecule has 0 radical (unpaired) electrons. The van der Waals surface area contributed by atoms with Crippen molar-refractivity contribution in [2.24, 2.45) is 0 Å². The molecule has 3 aromatic rings. The van der Waals surface area contributed by atoms with Gasteiger partial charge in [-0.1, -0.05) is 66.2 Å². The zero-order valence-electron chi connectivity index (χ0n) is 16.3. The molecule has 1 saturated heterocycles. The first-order chi connectivity index (χ1) is 15.0. The van der Waals surface area contributed by atoms with Crippen LogP contribution in [0.25, 0.3) is 6.08 Å². The lowest BCUT2D eigenvalue weighted by atomic mass is 10.1. The molecule has 2 amide bonds. The highest BCUT2D eigenvalue weighted by Crippen LogP contribution is 2.35. The smallest absolute Gasteiger partial charge is 0.293 e. The van der Waals surface area contributed by atoms with Crippen LogP contribution in [-0.4, -0.2) is 16.0 Å².